The number of pyridine rings is 1. The van der Waals surface area contributed by atoms with Crippen LogP contribution in [0.25, 0.3) is 0 Å². The Morgan fingerprint density at radius 2 is 2.28 bits per heavy atom. The third-order valence-electron chi connectivity index (χ3n) is 2.38. The first-order chi connectivity index (χ1) is 8.69. The van der Waals surface area contributed by atoms with Crippen LogP contribution in [-0.4, -0.2) is 22.9 Å². The van der Waals surface area contributed by atoms with E-state index in [9.17, 15) is 4.79 Å². The average Bonchev–Trinajstić information content (AvgIpc) is 2.82. The SMILES string of the molecule is CNc1ccc(C(=O)NCc2csc(C)n2)nc1. The van der Waals surface area contributed by atoms with Gasteiger partial charge in [0.25, 0.3) is 5.91 Å². The summed E-state index contributed by atoms with van der Waals surface area (Å²) in [4.78, 5) is 20.2. The predicted molar refractivity (Wildman–Crippen MR) is 71.8 cm³/mol. The zero-order chi connectivity index (χ0) is 13.0. The smallest absolute Gasteiger partial charge is 0.270 e. The molecule has 2 aromatic rings. The summed E-state index contributed by atoms with van der Waals surface area (Å²) in [5, 5.41) is 8.67. The van der Waals surface area contributed by atoms with Crippen molar-refractivity contribution in [3.8, 4) is 0 Å². The molecule has 0 aromatic carbocycles. The van der Waals surface area contributed by atoms with Crippen LogP contribution in [0.2, 0.25) is 0 Å². The Hall–Kier alpha value is -1.95. The van der Waals surface area contributed by atoms with Crippen molar-refractivity contribution >= 4 is 22.9 Å². The van der Waals surface area contributed by atoms with Crippen LogP contribution in [0.15, 0.2) is 23.7 Å². The number of nitrogens with zero attached hydrogens (tertiary/aromatic N) is 2. The van der Waals surface area contributed by atoms with Gasteiger partial charge in [0.15, 0.2) is 0 Å². The number of aryl methyl sites for hydroxylation is 1. The van der Waals surface area contributed by atoms with E-state index in [0.29, 0.717) is 12.2 Å². The lowest BCUT2D eigenvalue weighted by Gasteiger charge is -2.04. The lowest BCUT2D eigenvalue weighted by Crippen LogP contribution is -2.23. The normalized spacial score (nSPS) is 10.1. The number of amides is 1. The first-order valence-electron chi connectivity index (χ1n) is 5.52. The van der Waals surface area contributed by atoms with Gasteiger partial charge in [0.2, 0.25) is 0 Å². The molecular formula is C12H14N4OS. The second-order valence-electron chi connectivity index (χ2n) is 3.72. The van der Waals surface area contributed by atoms with Crippen LogP contribution in [0.4, 0.5) is 5.69 Å². The van der Waals surface area contributed by atoms with E-state index in [1.54, 1.807) is 30.6 Å². The summed E-state index contributed by atoms with van der Waals surface area (Å²) in [6, 6.07) is 3.50. The number of thiazole rings is 1. The minimum Gasteiger partial charge on any atom is -0.387 e. The Kier molecular flexibility index (Phi) is 3.88. The number of aromatic nitrogens is 2. The molecule has 6 heteroatoms. The molecule has 2 heterocycles. The third kappa shape index (κ3) is 3.04. The number of anilines is 1. The van der Waals surface area contributed by atoms with Gasteiger partial charge in [-0.05, 0) is 19.1 Å². The van der Waals surface area contributed by atoms with Crippen molar-refractivity contribution in [1.29, 1.82) is 0 Å². The van der Waals surface area contributed by atoms with E-state index in [1.165, 1.54) is 0 Å². The number of rotatable bonds is 4. The molecule has 0 spiro atoms. The van der Waals surface area contributed by atoms with Gasteiger partial charge < -0.3 is 10.6 Å². The molecule has 0 aliphatic rings. The largest absolute Gasteiger partial charge is 0.387 e. The quantitative estimate of drug-likeness (QED) is 0.882. The molecule has 2 rings (SSSR count). The average molecular weight is 262 g/mol. The van der Waals surface area contributed by atoms with Gasteiger partial charge in [-0.25, -0.2) is 9.97 Å². The van der Waals surface area contributed by atoms with Crippen molar-refractivity contribution in [1.82, 2.24) is 15.3 Å². The molecule has 0 atom stereocenters. The zero-order valence-electron chi connectivity index (χ0n) is 10.2. The third-order valence-corrected chi connectivity index (χ3v) is 3.20. The van der Waals surface area contributed by atoms with E-state index in [4.69, 9.17) is 0 Å². The molecule has 2 N–H and O–H groups in total. The molecule has 18 heavy (non-hydrogen) atoms. The van der Waals surface area contributed by atoms with Gasteiger partial charge >= 0.3 is 0 Å². The van der Waals surface area contributed by atoms with Crippen LogP contribution in [-0.2, 0) is 6.54 Å². The Morgan fingerprint density at radius 1 is 1.44 bits per heavy atom. The second kappa shape index (κ2) is 5.59. The summed E-state index contributed by atoms with van der Waals surface area (Å²) in [5.74, 6) is -0.191. The maximum atomic E-state index is 11.8. The molecule has 0 aliphatic heterocycles. The van der Waals surface area contributed by atoms with Crippen molar-refractivity contribution in [2.45, 2.75) is 13.5 Å². The lowest BCUT2D eigenvalue weighted by atomic mass is 10.3. The summed E-state index contributed by atoms with van der Waals surface area (Å²) in [6.07, 6.45) is 1.63. The van der Waals surface area contributed by atoms with Crippen molar-refractivity contribution in [2.24, 2.45) is 0 Å². The maximum absolute atomic E-state index is 11.8. The van der Waals surface area contributed by atoms with E-state index in [2.05, 4.69) is 20.6 Å². The molecule has 0 aliphatic carbocycles. The second-order valence-corrected chi connectivity index (χ2v) is 4.78. The van der Waals surface area contributed by atoms with Crippen LogP contribution >= 0.6 is 11.3 Å². The van der Waals surface area contributed by atoms with Crippen LogP contribution in [0.5, 0.6) is 0 Å². The number of hydrogen-bond acceptors (Lipinski definition) is 5. The number of carbonyl (C=O) groups excluding carboxylic acids is 1. The van der Waals surface area contributed by atoms with Crippen molar-refractivity contribution in [3.63, 3.8) is 0 Å². The number of hydrogen-bond donors (Lipinski definition) is 2. The Bertz CT molecular complexity index is 535. The summed E-state index contributed by atoms with van der Waals surface area (Å²) in [6.45, 7) is 2.37. The minimum atomic E-state index is -0.191. The van der Waals surface area contributed by atoms with E-state index >= 15 is 0 Å². The molecule has 0 bridgehead atoms. The van der Waals surface area contributed by atoms with E-state index in [0.717, 1.165) is 16.4 Å². The Balaban J connectivity index is 1.94. The fraction of sp³-hybridized carbons (Fsp3) is 0.250. The van der Waals surface area contributed by atoms with Gasteiger partial charge in [-0.15, -0.1) is 11.3 Å². The van der Waals surface area contributed by atoms with Crippen molar-refractivity contribution in [3.05, 3.63) is 40.1 Å². The fourth-order valence-electron chi connectivity index (χ4n) is 1.43. The van der Waals surface area contributed by atoms with Crippen molar-refractivity contribution < 1.29 is 4.79 Å². The maximum Gasteiger partial charge on any atom is 0.270 e. The van der Waals surface area contributed by atoms with Gasteiger partial charge in [-0.2, -0.15) is 0 Å². The molecule has 0 radical (unpaired) electrons. The molecule has 2 aromatic heterocycles. The highest BCUT2D eigenvalue weighted by molar-refractivity contribution is 7.09. The topological polar surface area (TPSA) is 66.9 Å². The number of nitrogens with one attached hydrogen (secondary N) is 2. The summed E-state index contributed by atoms with van der Waals surface area (Å²) in [7, 11) is 1.81. The van der Waals surface area contributed by atoms with Crippen LogP contribution in [0.1, 0.15) is 21.2 Å². The fourth-order valence-corrected chi connectivity index (χ4v) is 2.04. The molecule has 1 amide bonds. The van der Waals surface area contributed by atoms with Crippen molar-refractivity contribution in [2.75, 3.05) is 12.4 Å². The molecular weight excluding hydrogens is 248 g/mol. The first-order valence-corrected chi connectivity index (χ1v) is 6.40. The Labute approximate surface area is 109 Å². The van der Waals surface area contributed by atoms with Crippen LogP contribution < -0.4 is 10.6 Å². The summed E-state index contributed by atoms with van der Waals surface area (Å²) < 4.78 is 0. The monoisotopic (exact) mass is 262 g/mol. The zero-order valence-corrected chi connectivity index (χ0v) is 11.0. The van der Waals surface area contributed by atoms with Gasteiger partial charge in [-0.1, -0.05) is 0 Å². The molecule has 0 fully saturated rings. The highest BCUT2D eigenvalue weighted by Gasteiger charge is 2.07. The highest BCUT2D eigenvalue weighted by Crippen LogP contribution is 2.08. The van der Waals surface area contributed by atoms with E-state index < -0.39 is 0 Å². The molecule has 0 saturated carbocycles. The molecule has 0 saturated heterocycles. The van der Waals surface area contributed by atoms with E-state index in [1.807, 2.05) is 18.4 Å². The summed E-state index contributed by atoms with van der Waals surface area (Å²) >= 11 is 1.57. The molecule has 94 valence electrons. The number of carbonyl (C=O) groups is 1. The summed E-state index contributed by atoms with van der Waals surface area (Å²) in [5.41, 5.74) is 2.15. The predicted octanol–water partition coefficient (Wildman–Crippen LogP) is 1.82. The van der Waals surface area contributed by atoms with Gasteiger partial charge in [0.1, 0.15) is 5.69 Å². The van der Waals surface area contributed by atoms with Crippen LogP contribution in [0.3, 0.4) is 0 Å². The standard InChI is InChI=1S/C12H14N4OS/c1-8-16-10(7-18-8)6-15-12(17)11-4-3-9(13-2)5-14-11/h3-5,7,13H,6H2,1-2H3,(H,15,17). The van der Waals surface area contributed by atoms with Gasteiger partial charge in [0, 0.05) is 12.4 Å². The first kappa shape index (κ1) is 12.5. The molecule has 0 unspecified atom stereocenters. The van der Waals surface area contributed by atoms with E-state index in [-0.39, 0.29) is 5.91 Å². The minimum absolute atomic E-state index is 0.191. The van der Waals surface area contributed by atoms with Gasteiger partial charge in [-0.3, -0.25) is 4.79 Å². The van der Waals surface area contributed by atoms with Gasteiger partial charge in [0.05, 0.1) is 29.1 Å². The highest BCUT2D eigenvalue weighted by atomic mass is 32.1. The molecule has 5 nitrogen and oxygen atoms in total. The Morgan fingerprint density at radius 3 is 2.83 bits per heavy atom. The lowest BCUT2D eigenvalue weighted by molar-refractivity contribution is 0.0945. The van der Waals surface area contributed by atoms with Crippen LogP contribution in [0, 0.1) is 6.92 Å².